The van der Waals surface area contributed by atoms with Crippen molar-refractivity contribution < 1.29 is 4.74 Å². The Kier molecular flexibility index (Phi) is 3.90. The SMILES string of the molecule is CC(C)(C)c1csc(-c2cccc(Oc3ncccn3)c2)n1. The van der Waals surface area contributed by atoms with Gasteiger partial charge in [-0.25, -0.2) is 15.0 Å². The highest BCUT2D eigenvalue weighted by molar-refractivity contribution is 7.13. The van der Waals surface area contributed by atoms with Gasteiger partial charge < -0.3 is 4.74 Å². The van der Waals surface area contributed by atoms with Gasteiger partial charge in [-0.1, -0.05) is 32.9 Å². The maximum Gasteiger partial charge on any atom is 0.321 e. The highest BCUT2D eigenvalue weighted by Crippen LogP contribution is 2.31. The van der Waals surface area contributed by atoms with Gasteiger partial charge in [-0.2, -0.15) is 0 Å². The summed E-state index contributed by atoms with van der Waals surface area (Å²) in [7, 11) is 0. The molecule has 112 valence electrons. The first-order valence-corrected chi connectivity index (χ1v) is 7.92. The molecule has 2 aromatic heterocycles. The van der Waals surface area contributed by atoms with Crippen LogP contribution in [-0.2, 0) is 5.41 Å². The van der Waals surface area contributed by atoms with Crippen LogP contribution in [0.3, 0.4) is 0 Å². The van der Waals surface area contributed by atoms with Crippen LogP contribution < -0.4 is 4.74 Å². The van der Waals surface area contributed by atoms with E-state index in [2.05, 4.69) is 36.1 Å². The maximum atomic E-state index is 5.67. The van der Waals surface area contributed by atoms with Gasteiger partial charge in [-0.15, -0.1) is 11.3 Å². The summed E-state index contributed by atoms with van der Waals surface area (Å²) in [6, 6.07) is 9.93. The molecule has 0 unspecified atom stereocenters. The minimum atomic E-state index is 0.0563. The van der Waals surface area contributed by atoms with Crippen molar-refractivity contribution in [2.75, 3.05) is 0 Å². The van der Waals surface area contributed by atoms with Crippen molar-refractivity contribution in [1.29, 1.82) is 0 Å². The summed E-state index contributed by atoms with van der Waals surface area (Å²) in [5, 5.41) is 3.10. The maximum absolute atomic E-state index is 5.67. The van der Waals surface area contributed by atoms with Crippen molar-refractivity contribution in [2.45, 2.75) is 26.2 Å². The van der Waals surface area contributed by atoms with Crippen molar-refractivity contribution in [3.63, 3.8) is 0 Å². The van der Waals surface area contributed by atoms with Gasteiger partial charge in [0, 0.05) is 28.8 Å². The summed E-state index contributed by atoms with van der Waals surface area (Å²) in [5.41, 5.74) is 2.19. The molecule has 0 saturated carbocycles. The number of aromatic nitrogens is 3. The van der Waals surface area contributed by atoms with E-state index in [0.717, 1.165) is 16.3 Å². The zero-order valence-corrected chi connectivity index (χ0v) is 13.6. The second-order valence-corrected chi connectivity index (χ2v) is 6.81. The fourth-order valence-corrected chi connectivity index (χ4v) is 2.93. The average molecular weight is 311 g/mol. The third kappa shape index (κ3) is 3.31. The molecule has 0 radical (unpaired) electrons. The standard InChI is InChI=1S/C17H17N3OS/c1-17(2,3)14-11-22-15(20-14)12-6-4-7-13(10-12)21-16-18-8-5-9-19-16/h4-11H,1-3H3. The third-order valence-electron chi connectivity index (χ3n) is 3.10. The minimum absolute atomic E-state index is 0.0563. The number of thiazole rings is 1. The van der Waals surface area contributed by atoms with Gasteiger partial charge in [-0.3, -0.25) is 0 Å². The van der Waals surface area contributed by atoms with E-state index < -0.39 is 0 Å². The number of hydrogen-bond donors (Lipinski definition) is 0. The second kappa shape index (κ2) is 5.85. The molecular weight excluding hydrogens is 294 g/mol. The van der Waals surface area contributed by atoms with Crippen LogP contribution in [0.25, 0.3) is 10.6 Å². The summed E-state index contributed by atoms with van der Waals surface area (Å²) in [6.45, 7) is 6.49. The molecule has 0 aliphatic heterocycles. The van der Waals surface area contributed by atoms with Gasteiger partial charge >= 0.3 is 6.01 Å². The van der Waals surface area contributed by atoms with Gasteiger partial charge in [0.15, 0.2) is 0 Å². The zero-order chi connectivity index (χ0) is 15.6. The molecule has 0 atom stereocenters. The van der Waals surface area contributed by atoms with Crippen LogP contribution in [0.4, 0.5) is 0 Å². The molecule has 5 heteroatoms. The molecule has 22 heavy (non-hydrogen) atoms. The van der Waals surface area contributed by atoms with Gasteiger partial charge in [0.2, 0.25) is 0 Å². The molecule has 2 heterocycles. The number of ether oxygens (including phenoxy) is 1. The van der Waals surface area contributed by atoms with Crippen molar-refractivity contribution in [3.05, 3.63) is 53.8 Å². The first kappa shape index (κ1) is 14.7. The highest BCUT2D eigenvalue weighted by atomic mass is 32.1. The molecule has 3 rings (SSSR count). The molecule has 0 aliphatic carbocycles. The number of benzene rings is 1. The summed E-state index contributed by atoms with van der Waals surface area (Å²) in [5.74, 6) is 0.705. The molecule has 0 aliphatic rings. The van der Waals surface area contributed by atoms with Gasteiger partial charge in [0.1, 0.15) is 10.8 Å². The minimum Gasteiger partial charge on any atom is -0.424 e. The Labute approximate surface area is 133 Å². The number of rotatable bonds is 3. The Morgan fingerprint density at radius 1 is 1.05 bits per heavy atom. The first-order valence-electron chi connectivity index (χ1n) is 7.04. The molecule has 0 saturated heterocycles. The van der Waals surface area contributed by atoms with E-state index in [9.17, 15) is 0 Å². The second-order valence-electron chi connectivity index (χ2n) is 5.95. The molecule has 0 fully saturated rings. The number of nitrogens with zero attached hydrogens (tertiary/aromatic N) is 3. The average Bonchev–Trinajstić information content (AvgIpc) is 2.99. The first-order chi connectivity index (χ1) is 10.5. The summed E-state index contributed by atoms with van der Waals surface area (Å²) >= 11 is 1.65. The Bertz CT molecular complexity index is 763. The molecule has 4 nitrogen and oxygen atoms in total. The van der Waals surface area contributed by atoms with Crippen molar-refractivity contribution in [1.82, 2.24) is 15.0 Å². The normalized spacial score (nSPS) is 11.4. The molecule has 0 N–H and O–H groups in total. The quantitative estimate of drug-likeness (QED) is 0.704. The lowest BCUT2D eigenvalue weighted by Crippen LogP contribution is -2.11. The Hall–Kier alpha value is -2.27. The fraction of sp³-hybridized carbons (Fsp3) is 0.235. The van der Waals surface area contributed by atoms with E-state index in [1.165, 1.54) is 0 Å². The van der Waals surface area contributed by atoms with E-state index >= 15 is 0 Å². The number of hydrogen-bond acceptors (Lipinski definition) is 5. The van der Waals surface area contributed by atoms with E-state index in [0.29, 0.717) is 11.8 Å². The third-order valence-corrected chi connectivity index (χ3v) is 4.00. The molecule has 0 spiro atoms. The van der Waals surface area contributed by atoms with E-state index in [1.54, 1.807) is 29.8 Å². The van der Waals surface area contributed by atoms with Crippen LogP contribution in [-0.4, -0.2) is 15.0 Å². The Morgan fingerprint density at radius 2 is 1.82 bits per heavy atom. The molecular formula is C17H17N3OS. The monoisotopic (exact) mass is 311 g/mol. The lowest BCUT2D eigenvalue weighted by molar-refractivity contribution is 0.442. The van der Waals surface area contributed by atoms with Gasteiger partial charge in [0.05, 0.1) is 5.69 Å². The van der Waals surface area contributed by atoms with E-state index in [1.807, 2.05) is 24.3 Å². The predicted octanol–water partition coefficient (Wildman–Crippen LogP) is 4.69. The lowest BCUT2D eigenvalue weighted by atomic mass is 9.93. The van der Waals surface area contributed by atoms with Crippen LogP contribution >= 0.6 is 11.3 Å². The van der Waals surface area contributed by atoms with Crippen molar-refractivity contribution >= 4 is 11.3 Å². The highest BCUT2D eigenvalue weighted by Gasteiger charge is 2.18. The zero-order valence-electron chi connectivity index (χ0n) is 12.8. The Morgan fingerprint density at radius 3 is 2.50 bits per heavy atom. The molecule has 0 amide bonds. The Balaban J connectivity index is 1.86. The van der Waals surface area contributed by atoms with Crippen molar-refractivity contribution in [3.8, 4) is 22.3 Å². The molecule has 1 aromatic carbocycles. The predicted molar refractivity (Wildman–Crippen MR) is 88.4 cm³/mol. The summed E-state index contributed by atoms with van der Waals surface area (Å²) in [6.07, 6.45) is 3.31. The van der Waals surface area contributed by atoms with E-state index in [4.69, 9.17) is 9.72 Å². The van der Waals surface area contributed by atoms with Crippen LogP contribution in [0.2, 0.25) is 0 Å². The van der Waals surface area contributed by atoms with Crippen LogP contribution in [0, 0.1) is 0 Å². The van der Waals surface area contributed by atoms with Gasteiger partial charge in [0.25, 0.3) is 0 Å². The smallest absolute Gasteiger partial charge is 0.321 e. The molecule has 3 aromatic rings. The topological polar surface area (TPSA) is 47.9 Å². The van der Waals surface area contributed by atoms with Gasteiger partial charge in [-0.05, 0) is 18.2 Å². The lowest BCUT2D eigenvalue weighted by Gasteiger charge is -2.14. The van der Waals surface area contributed by atoms with Crippen LogP contribution in [0.5, 0.6) is 11.8 Å². The largest absolute Gasteiger partial charge is 0.424 e. The molecule has 0 bridgehead atoms. The van der Waals surface area contributed by atoms with E-state index in [-0.39, 0.29) is 5.41 Å². The van der Waals surface area contributed by atoms with Crippen LogP contribution in [0.15, 0.2) is 48.1 Å². The summed E-state index contributed by atoms with van der Waals surface area (Å²) < 4.78 is 5.67. The summed E-state index contributed by atoms with van der Waals surface area (Å²) in [4.78, 5) is 12.9. The van der Waals surface area contributed by atoms with Crippen molar-refractivity contribution in [2.24, 2.45) is 0 Å². The fourth-order valence-electron chi connectivity index (χ4n) is 1.89. The van der Waals surface area contributed by atoms with Crippen LogP contribution in [0.1, 0.15) is 26.5 Å².